The SMILES string of the molecule is COC(=O)c1c(-c2cnn(CC34CC5CC(CC(C5)C3)C4)c2C)cnc2c1ncn2-c1ccc([N+](=O)[O-])nc1. The van der Waals surface area contributed by atoms with Crippen LogP contribution in [-0.2, 0) is 11.3 Å². The third kappa shape index (κ3) is 3.82. The highest BCUT2D eigenvalue weighted by Crippen LogP contribution is 2.60. The van der Waals surface area contributed by atoms with Gasteiger partial charge in [-0.05, 0) is 84.6 Å². The summed E-state index contributed by atoms with van der Waals surface area (Å²) in [5.74, 6) is 1.83. The predicted octanol–water partition coefficient (Wildman–Crippen LogP) is 4.90. The molecule has 200 valence electrons. The van der Waals surface area contributed by atoms with Crippen molar-refractivity contribution >= 4 is 23.0 Å². The van der Waals surface area contributed by atoms with Crippen molar-refractivity contribution in [3.63, 3.8) is 0 Å². The maximum absolute atomic E-state index is 13.1. The number of nitrogens with zero attached hydrogens (tertiary/aromatic N) is 7. The number of fused-ring (bicyclic) bond motifs is 1. The molecule has 0 radical (unpaired) electrons. The van der Waals surface area contributed by atoms with Crippen LogP contribution in [-0.4, -0.2) is 47.3 Å². The van der Waals surface area contributed by atoms with Crippen LogP contribution in [0.3, 0.4) is 0 Å². The Hall–Kier alpha value is -4.15. The van der Waals surface area contributed by atoms with Crippen molar-refractivity contribution in [1.82, 2.24) is 29.3 Å². The van der Waals surface area contributed by atoms with E-state index in [1.54, 1.807) is 16.8 Å². The second-order valence-electron chi connectivity index (χ2n) is 11.7. The van der Waals surface area contributed by atoms with E-state index in [0.29, 0.717) is 33.4 Å². The highest BCUT2D eigenvalue weighted by atomic mass is 16.6. The van der Waals surface area contributed by atoms with Gasteiger partial charge in [-0.2, -0.15) is 5.10 Å². The summed E-state index contributed by atoms with van der Waals surface area (Å²) >= 11 is 0. The Morgan fingerprint density at radius 1 is 1.05 bits per heavy atom. The number of methoxy groups -OCH3 is 1. The molecule has 4 aliphatic carbocycles. The molecule has 0 spiro atoms. The molecule has 4 fully saturated rings. The lowest BCUT2D eigenvalue weighted by Crippen LogP contribution is -2.48. The minimum atomic E-state index is -0.554. The summed E-state index contributed by atoms with van der Waals surface area (Å²) in [5, 5.41) is 15.8. The molecule has 11 heteroatoms. The van der Waals surface area contributed by atoms with E-state index in [0.717, 1.165) is 35.6 Å². The number of hydrogen-bond donors (Lipinski definition) is 0. The highest BCUT2D eigenvalue weighted by molar-refractivity contribution is 6.07. The summed E-state index contributed by atoms with van der Waals surface area (Å²) < 4.78 is 8.94. The molecule has 0 amide bonds. The van der Waals surface area contributed by atoms with Gasteiger partial charge in [-0.15, -0.1) is 0 Å². The summed E-state index contributed by atoms with van der Waals surface area (Å²) in [6.07, 6.45) is 14.5. The first-order valence-corrected chi connectivity index (χ1v) is 13.4. The quantitative estimate of drug-likeness (QED) is 0.197. The molecule has 4 saturated carbocycles. The first-order chi connectivity index (χ1) is 18.8. The van der Waals surface area contributed by atoms with Gasteiger partial charge in [0.25, 0.3) is 0 Å². The van der Waals surface area contributed by atoms with Crippen LogP contribution in [0.4, 0.5) is 5.82 Å². The third-order valence-electron chi connectivity index (χ3n) is 9.19. The third-order valence-corrected chi connectivity index (χ3v) is 9.19. The fourth-order valence-corrected chi connectivity index (χ4v) is 7.96. The highest BCUT2D eigenvalue weighted by Gasteiger charge is 2.51. The molecule has 4 aliphatic rings. The fourth-order valence-electron chi connectivity index (χ4n) is 7.96. The van der Waals surface area contributed by atoms with Gasteiger partial charge in [0, 0.05) is 35.6 Å². The molecule has 39 heavy (non-hydrogen) atoms. The molecule has 11 nitrogen and oxygen atoms in total. The van der Waals surface area contributed by atoms with E-state index in [4.69, 9.17) is 9.84 Å². The number of hydrogen-bond acceptors (Lipinski definition) is 8. The zero-order valence-electron chi connectivity index (χ0n) is 21.9. The van der Waals surface area contributed by atoms with Crippen molar-refractivity contribution in [3.8, 4) is 16.8 Å². The van der Waals surface area contributed by atoms with Crippen molar-refractivity contribution < 1.29 is 14.5 Å². The zero-order valence-corrected chi connectivity index (χ0v) is 21.9. The lowest BCUT2D eigenvalue weighted by Gasteiger charge is -2.56. The van der Waals surface area contributed by atoms with Gasteiger partial charge >= 0.3 is 11.8 Å². The number of esters is 1. The average molecular weight is 528 g/mol. The molecular weight excluding hydrogens is 498 g/mol. The maximum Gasteiger partial charge on any atom is 0.363 e. The second kappa shape index (κ2) is 8.69. The van der Waals surface area contributed by atoms with E-state index in [2.05, 4.69) is 26.6 Å². The molecule has 0 aliphatic heterocycles. The van der Waals surface area contributed by atoms with Crippen LogP contribution in [0, 0.1) is 40.2 Å². The molecule has 4 aromatic heterocycles. The maximum atomic E-state index is 13.1. The number of carbonyl (C=O) groups is 1. The van der Waals surface area contributed by atoms with Crippen molar-refractivity contribution in [2.75, 3.05) is 7.11 Å². The Morgan fingerprint density at radius 2 is 1.77 bits per heavy atom. The smallest absolute Gasteiger partial charge is 0.363 e. The molecule has 0 aromatic carbocycles. The number of rotatable bonds is 6. The van der Waals surface area contributed by atoms with Gasteiger partial charge in [-0.1, -0.05) is 0 Å². The fraction of sp³-hybridized carbons (Fsp3) is 0.464. The minimum absolute atomic E-state index is 0.255. The predicted molar refractivity (Wildman–Crippen MR) is 141 cm³/mol. The first-order valence-electron chi connectivity index (χ1n) is 13.4. The molecule has 4 heterocycles. The van der Waals surface area contributed by atoms with Gasteiger partial charge < -0.3 is 14.9 Å². The summed E-state index contributed by atoms with van der Waals surface area (Å²) in [6, 6.07) is 2.89. The molecule has 4 bridgehead atoms. The molecule has 8 rings (SSSR count). The second-order valence-corrected chi connectivity index (χ2v) is 11.7. The Labute approximate surface area is 224 Å². The number of imidazole rings is 1. The minimum Gasteiger partial charge on any atom is -0.465 e. The summed E-state index contributed by atoms with van der Waals surface area (Å²) in [5.41, 5.74) is 4.44. The van der Waals surface area contributed by atoms with Crippen LogP contribution in [0.15, 0.2) is 37.1 Å². The largest absolute Gasteiger partial charge is 0.465 e. The lowest BCUT2D eigenvalue weighted by molar-refractivity contribution is -0.389. The number of carbonyl (C=O) groups excluding carboxylic acids is 1. The van der Waals surface area contributed by atoms with E-state index in [-0.39, 0.29) is 5.82 Å². The van der Waals surface area contributed by atoms with Crippen LogP contribution in [0.1, 0.15) is 54.6 Å². The van der Waals surface area contributed by atoms with E-state index in [1.165, 1.54) is 64.2 Å². The van der Waals surface area contributed by atoms with E-state index < -0.39 is 10.9 Å². The van der Waals surface area contributed by atoms with Crippen molar-refractivity contribution in [3.05, 3.63) is 58.4 Å². The molecule has 0 atom stereocenters. The molecule has 0 unspecified atom stereocenters. The number of aromatic nitrogens is 6. The zero-order chi connectivity index (χ0) is 26.9. The van der Waals surface area contributed by atoms with Crippen LogP contribution in [0.5, 0.6) is 0 Å². The Balaban J connectivity index is 1.27. The van der Waals surface area contributed by atoms with E-state index in [1.807, 2.05) is 6.20 Å². The van der Waals surface area contributed by atoms with Crippen molar-refractivity contribution in [1.29, 1.82) is 0 Å². The van der Waals surface area contributed by atoms with Gasteiger partial charge in [0.05, 0.1) is 24.6 Å². The van der Waals surface area contributed by atoms with Gasteiger partial charge in [0.15, 0.2) is 11.8 Å². The monoisotopic (exact) mass is 527 g/mol. The number of nitro groups is 1. The van der Waals surface area contributed by atoms with Crippen LogP contribution in [0.2, 0.25) is 0 Å². The van der Waals surface area contributed by atoms with Gasteiger partial charge in [-0.3, -0.25) is 9.25 Å². The van der Waals surface area contributed by atoms with Crippen LogP contribution in [0.25, 0.3) is 28.0 Å². The first kappa shape index (κ1) is 23.9. The summed E-state index contributed by atoms with van der Waals surface area (Å²) in [7, 11) is 1.35. The Kier molecular flexibility index (Phi) is 5.33. The number of ether oxygens (including phenoxy) is 1. The summed E-state index contributed by atoms with van der Waals surface area (Å²) in [4.78, 5) is 36.6. The van der Waals surface area contributed by atoms with E-state index >= 15 is 0 Å². The molecular formula is C28H29N7O4. The van der Waals surface area contributed by atoms with Gasteiger partial charge in [0.2, 0.25) is 0 Å². The molecule has 0 N–H and O–H groups in total. The van der Waals surface area contributed by atoms with E-state index in [9.17, 15) is 14.9 Å². The van der Waals surface area contributed by atoms with Crippen molar-refractivity contribution in [2.45, 2.75) is 52.0 Å². The Bertz CT molecular complexity index is 1590. The van der Waals surface area contributed by atoms with Gasteiger partial charge in [0.1, 0.15) is 11.8 Å². The molecule has 0 saturated heterocycles. The standard InChI is InChI=1S/C28H29N7O4/c1-16-21(13-32-34(16)14-28-8-17-5-18(9-28)7-19(6-17)10-28)22-12-30-26-25(24(22)27(36)39-2)31-15-33(26)20-3-4-23(29-11-20)35(37)38/h3-4,11-13,15,17-19H,5-10,14H2,1-2H3. The lowest BCUT2D eigenvalue weighted by atomic mass is 9.49. The van der Waals surface area contributed by atoms with Crippen LogP contribution >= 0.6 is 0 Å². The van der Waals surface area contributed by atoms with Crippen LogP contribution < -0.4 is 0 Å². The Morgan fingerprint density at radius 3 is 2.38 bits per heavy atom. The topological polar surface area (TPSA) is 131 Å². The van der Waals surface area contributed by atoms with Gasteiger partial charge in [-0.25, -0.2) is 14.8 Å². The normalized spacial score (nSPS) is 25.3. The summed E-state index contributed by atoms with van der Waals surface area (Å²) in [6.45, 7) is 2.96. The molecule has 4 aromatic rings. The average Bonchev–Trinajstić information content (AvgIpc) is 3.50. The van der Waals surface area contributed by atoms with Crippen molar-refractivity contribution in [2.24, 2.45) is 23.2 Å². The number of pyridine rings is 2.